The topological polar surface area (TPSA) is 89.1 Å². The van der Waals surface area contributed by atoms with Crippen molar-refractivity contribution in [3.63, 3.8) is 0 Å². The first-order valence-electron chi connectivity index (χ1n) is 6.07. The molecule has 8 nitrogen and oxygen atoms in total. The van der Waals surface area contributed by atoms with Gasteiger partial charge in [0.2, 0.25) is 0 Å². The van der Waals surface area contributed by atoms with E-state index in [1.54, 1.807) is 10.9 Å². The van der Waals surface area contributed by atoms with Crippen LogP contribution in [0, 0.1) is 0 Å². The van der Waals surface area contributed by atoms with Gasteiger partial charge in [0.05, 0.1) is 18.8 Å². The molecule has 0 aliphatic carbocycles. The Morgan fingerprint density at radius 3 is 2.89 bits per heavy atom. The Bertz CT molecular complexity index is 558. The van der Waals surface area contributed by atoms with Gasteiger partial charge in [0.15, 0.2) is 5.69 Å². The van der Waals surface area contributed by atoms with Gasteiger partial charge < -0.3 is 5.11 Å². The first-order valence-corrected chi connectivity index (χ1v) is 6.07. The van der Waals surface area contributed by atoms with Crippen LogP contribution in [0.15, 0.2) is 24.7 Å². The van der Waals surface area contributed by atoms with Gasteiger partial charge in [-0.2, -0.15) is 5.10 Å². The van der Waals surface area contributed by atoms with E-state index < -0.39 is 5.97 Å². The second kappa shape index (κ2) is 4.81. The lowest BCUT2D eigenvalue weighted by molar-refractivity contribution is 0.0690. The predicted molar refractivity (Wildman–Crippen MR) is 64.7 cm³/mol. The molecule has 0 atom stereocenters. The zero-order valence-electron chi connectivity index (χ0n) is 10.3. The molecule has 19 heavy (non-hydrogen) atoms. The molecule has 3 rings (SSSR count). The maximum Gasteiger partial charge on any atom is 0.358 e. The third-order valence-corrected chi connectivity index (χ3v) is 3.25. The van der Waals surface area contributed by atoms with E-state index in [9.17, 15) is 4.79 Å². The third-order valence-electron chi connectivity index (χ3n) is 3.25. The van der Waals surface area contributed by atoms with Crippen LogP contribution in [0.1, 0.15) is 16.5 Å². The van der Waals surface area contributed by atoms with Crippen molar-refractivity contribution in [1.82, 2.24) is 29.7 Å². The summed E-state index contributed by atoms with van der Waals surface area (Å²) in [6.07, 6.45) is 5.19. The summed E-state index contributed by atoms with van der Waals surface area (Å²) in [7, 11) is 0. The molecule has 0 radical (unpaired) electrons. The van der Waals surface area contributed by atoms with Crippen molar-refractivity contribution in [3.05, 3.63) is 30.4 Å². The minimum absolute atomic E-state index is 0.00464. The van der Waals surface area contributed by atoms with Gasteiger partial charge in [-0.1, -0.05) is 5.21 Å². The summed E-state index contributed by atoms with van der Waals surface area (Å²) in [5, 5.41) is 20.4. The number of carboxylic acids is 1. The normalized spacial score (nSPS) is 16.4. The summed E-state index contributed by atoms with van der Waals surface area (Å²) in [6.45, 7) is 3.52. The minimum Gasteiger partial charge on any atom is -0.476 e. The molecule has 0 aromatic carbocycles. The van der Waals surface area contributed by atoms with E-state index in [1.165, 1.54) is 6.20 Å². The molecule has 1 fully saturated rings. The zero-order valence-corrected chi connectivity index (χ0v) is 10.3. The fraction of sp³-hybridized carbons (Fsp3) is 0.455. The van der Waals surface area contributed by atoms with Crippen LogP contribution in [-0.4, -0.2) is 60.4 Å². The van der Waals surface area contributed by atoms with E-state index in [2.05, 4.69) is 20.3 Å². The van der Waals surface area contributed by atoms with E-state index in [1.807, 2.05) is 16.9 Å². The molecule has 3 heterocycles. The molecule has 0 saturated carbocycles. The van der Waals surface area contributed by atoms with Crippen LogP contribution in [0.2, 0.25) is 0 Å². The van der Waals surface area contributed by atoms with Gasteiger partial charge in [-0.15, -0.1) is 5.10 Å². The molecule has 2 aromatic heterocycles. The maximum absolute atomic E-state index is 10.7. The van der Waals surface area contributed by atoms with Gasteiger partial charge in [0.25, 0.3) is 0 Å². The van der Waals surface area contributed by atoms with Gasteiger partial charge >= 0.3 is 5.97 Å². The van der Waals surface area contributed by atoms with E-state index in [4.69, 9.17) is 5.11 Å². The highest BCUT2D eigenvalue weighted by Gasteiger charge is 2.29. The average Bonchev–Trinajstić information content (AvgIpc) is 2.96. The smallest absolute Gasteiger partial charge is 0.358 e. The summed E-state index contributed by atoms with van der Waals surface area (Å²) in [4.78, 5) is 13.0. The third kappa shape index (κ3) is 2.48. The largest absolute Gasteiger partial charge is 0.476 e. The van der Waals surface area contributed by atoms with E-state index in [0.717, 1.165) is 26.2 Å². The monoisotopic (exact) mass is 262 g/mol. The van der Waals surface area contributed by atoms with Gasteiger partial charge in [-0.05, 0) is 6.07 Å². The Kier molecular flexibility index (Phi) is 3.00. The fourth-order valence-electron chi connectivity index (χ4n) is 2.12. The van der Waals surface area contributed by atoms with Gasteiger partial charge in [-0.25, -0.2) is 9.48 Å². The Morgan fingerprint density at radius 2 is 2.26 bits per heavy atom. The Hall–Kier alpha value is -2.22. The van der Waals surface area contributed by atoms with Gasteiger partial charge in [0.1, 0.15) is 0 Å². The molecule has 1 aliphatic rings. The number of likely N-dealkylation sites (tertiary alicyclic amines) is 1. The van der Waals surface area contributed by atoms with Crippen LogP contribution in [-0.2, 0) is 6.54 Å². The van der Waals surface area contributed by atoms with Crippen molar-refractivity contribution in [3.8, 4) is 0 Å². The molecule has 8 heteroatoms. The molecular weight excluding hydrogens is 248 g/mol. The summed E-state index contributed by atoms with van der Waals surface area (Å²) in [5.74, 6) is -1.04. The van der Waals surface area contributed by atoms with Crippen molar-refractivity contribution >= 4 is 5.97 Å². The summed E-state index contributed by atoms with van der Waals surface area (Å²) in [5.41, 5.74) is -0.00464. The number of nitrogens with zero attached hydrogens (tertiary/aromatic N) is 6. The number of carboxylic acid groups (broad SMARTS) is 1. The standard InChI is InChI=1S/C11H14N6O2/c18-11(19)10-8-17(14-13-10)9-6-15(7-9)4-5-16-3-1-2-12-16/h1-3,8-9H,4-7H2,(H,18,19). The number of hydrogen-bond donors (Lipinski definition) is 1. The molecule has 1 aliphatic heterocycles. The van der Waals surface area contributed by atoms with Crippen LogP contribution in [0.5, 0.6) is 0 Å². The fourth-order valence-corrected chi connectivity index (χ4v) is 2.12. The quantitative estimate of drug-likeness (QED) is 0.798. The molecule has 0 unspecified atom stereocenters. The van der Waals surface area contributed by atoms with Crippen molar-refractivity contribution in [2.24, 2.45) is 0 Å². The average molecular weight is 262 g/mol. The molecule has 0 spiro atoms. The molecular formula is C11H14N6O2. The molecule has 1 saturated heterocycles. The lowest BCUT2D eigenvalue weighted by Gasteiger charge is -2.38. The maximum atomic E-state index is 10.7. The number of carbonyl (C=O) groups is 1. The van der Waals surface area contributed by atoms with Crippen molar-refractivity contribution < 1.29 is 9.90 Å². The van der Waals surface area contributed by atoms with Crippen molar-refractivity contribution in [2.75, 3.05) is 19.6 Å². The van der Waals surface area contributed by atoms with Crippen LogP contribution in [0.4, 0.5) is 0 Å². The van der Waals surface area contributed by atoms with Crippen molar-refractivity contribution in [2.45, 2.75) is 12.6 Å². The van der Waals surface area contributed by atoms with Crippen LogP contribution < -0.4 is 0 Å². The van der Waals surface area contributed by atoms with E-state index in [-0.39, 0.29) is 11.7 Å². The van der Waals surface area contributed by atoms with Crippen LogP contribution in [0.3, 0.4) is 0 Å². The summed E-state index contributed by atoms with van der Waals surface area (Å²) >= 11 is 0. The lowest BCUT2D eigenvalue weighted by Crippen LogP contribution is -2.48. The predicted octanol–water partition coefficient (Wildman–Crippen LogP) is -0.270. The zero-order chi connectivity index (χ0) is 13.2. The first kappa shape index (κ1) is 11.8. The highest BCUT2D eigenvalue weighted by Crippen LogP contribution is 2.19. The Morgan fingerprint density at radius 1 is 1.42 bits per heavy atom. The molecule has 0 bridgehead atoms. The minimum atomic E-state index is -1.04. The molecule has 100 valence electrons. The number of aromatic nitrogens is 5. The molecule has 1 N–H and O–H groups in total. The number of rotatable bonds is 5. The highest BCUT2D eigenvalue weighted by molar-refractivity contribution is 5.84. The second-order valence-electron chi connectivity index (χ2n) is 4.57. The molecule has 0 amide bonds. The van der Waals surface area contributed by atoms with E-state index in [0.29, 0.717) is 0 Å². The van der Waals surface area contributed by atoms with Gasteiger partial charge in [-0.3, -0.25) is 9.58 Å². The summed E-state index contributed by atoms with van der Waals surface area (Å²) < 4.78 is 3.53. The highest BCUT2D eigenvalue weighted by atomic mass is 16.4. The second-order valence-corrected chi connectivity index (χ2v) is 4.57. The number of aromatic carboxylic acids is 1. The SMILES string of the molecule is O=C(O)c1cn(C2CN(CCn3cccn3)C2)nn1. The Balaban J connectivity index is 1.48. The van der Waals surface area contributed by atoms with Gasteiger partial charge in [0, 0.05) is 32.0 Å². The Labute approximate surface area is 109 Å². The van der Waals surface area contributed by atoms with E-state index >= 15 is 0 Å². The lowest BCUT2D eigenvalue weighted by atomic mass is 10.1. The van der Waals surface area contributed by atoms with Crippen LogP contribution >= 0.6 is 0 Å². The molecule has 2 aromatic rings. The van der Waals surface area contributed by atoms with Crippen molar-refractivity contribution in [1.29, 1.82) is 0 Å². The van der Waals surface area contributed by atoms with Crippen LogP contribution in [0.25, 0.3) is 0 Å². The summed E-state index contributed by atoms with van der Waals surface area (Å²) in [6, 6.07) is 2.13. The number of hydrogen-bond acceptors (Lipinski definition) is 5. The first-order chi connectivity index (χ1) is 9.22.